The number of aryl methyl sites for hydroxylation is 1. The molecule has 0 aromatic heterocycles. The zero-order valence-electron chi connectivity index (χ0n) is 9.19. The highest BCUT2D eigenvalue weighted by Gasteiger charge is 2.17. The molecule has 1 unspecified atom stereocenters. The molecule has 0 fully saturated rings. The fraction of sp³-hybridized carbons (Fsp3) is 0.273. The SMILES string of the molecule is Cc1ccc(N)cc1C(=O)OC(C)C(N)=O. The van der Waals surface area contributed by atoms with Crippen molar-refractivity contribution in [3.63, 3.8) is 0 Å². The Balaban J connectivity index is 2.88. The fourth-order valence-electron chi connectivity index (χ4n) is 1.14. The molecule has 1 aromatic rings. The third-order valence-corrected chi connectivity index (χ3v) is 2.17. The maximum Gasteiger partial charge on any atom is 0.339 e. The molecule has 1 aromatic carbocycles. The van der Waals surface area contributed by atoms with Crippen LogP contribution < -0.4 is 11.5 Å². The number of primary amides is 1. The van der Waals surface area contributed by atoms with Gasteiger partial charge in [0.25, 0.3) is 5.91 Å². The molecule has 0 aliphatic rings. The number of nitrogen functional groups attached to an aromatic ring is 1. The number of hydrogen-bond donors (Lipinski definition) is 2. The van der Waals surface area contributed by atoms with E-state index in [9.17, 15) is 9.59 Å². The maximum atomic E-state index is 11.6. The van der Waals surface area contributed by atoms with Crippen molar-refractivity contribution in [3.05, 3.63) is 29.3 Å². The second kappa shape index (κ2) is 4.65. The molecular formula is C11H14N2O3. The van der Waals surface area contributed by atoms with Gasteiger partial charge in [-0.1, -0.05) is 6.07 Å². The standard InChI is InChI=1S/C11H14N2O3/c1-6-3-4-8(12)5-9(6)11(15)16-7(2)10(13)14/h3-5,7H,12H2,1-2H3,(H2,13,14). The molecule has 1 rings (SSSR count). The van der Waals surface area contributed by atoms with E-state index in [1.54, 1.807) is 19.1 Å². The minimum Gasteiger partial charge on any atom is -0.449 e. The van der Waals surface area contributed by atoms with Gasteiger partial charge in [-0.3, -0.25) is 4.79 Å². The van der Waals surface area contributed by atoms with E-state index in [-0.39, 0.29) is 0 Å². The Morgan fingerprint density at radius 1 is 1.38 bits per heavy atom. The number of amides is 1. The van der Waals surface area contributed by atoms with Gasteiger partial charge in [0.1, 0.15) is 0 Å². The summed E-state index contributed by atoms with van der Waals surface area (Å²) in [5.41, 5.74) is 12.1. The second-order valence-corrected chi connectivity index (χ2v) is 3.52. The molecule has 5 heteroatoms. The summed E-state index contributed by atoms with van der Waals surface area (Å²) in [4.78, 5) is 22.4. The van der Waals surface area contributed by atoms with Crippen LogP contribution in [0.3, 0.4) is 0 Å². The average molecular weight is 222 g/mol. The molecule has 0 heterocycles. The van der Waals surface area contributed by atoms with Crippen molar-refractivity contribution in [3.8, 4) is 0 Å². The Kier molecular flexibility index (Phi) is 3.50. The number of nitrogens with two attached hydrogens (primary N) is 2. The summed E-state index contributed by atoms with van der Waals surface area (Å²) in [5.74, 6) is -1.29. The summed E-state index contributed by atoms with van der Waals surface area (Å²) in [6, 6.07) is 4.90. The largest absolute Gasteiger partial charge is 0.449 e. The van der Waals surface area contributed by atoms with Crippen molar-refractivity contribution in [1.29, 1.82) is 0 Å². The van der Waals surface area contributed by atoms with Gasteiger partial charge in [-0.25, -0.2) is 4.79 Å². The van der Waals surface area contributed by atoms with Gasteiger partial charge in [0.05, 0.1) is 5.56 Å². The molecule has 16 heavy (non-hydrogen) atoms. The van der Waals surface area contributed by atoms with Crippen LogP contribution in [-0.2, 0) is 9.53 Å². The number of carbonyl (C=O) groups is 2. The lowest BCUT2D eigenvalue weighted by Gasteiger charge is -2.11. The zero-order valence-corrected chi connectivity index (χ0v) is 9.19. The second-order valence-electron chi connectivity index (χ2n) is 3.52. The van der Waals surface area contributed by atoms with Crippen LogP contribution in [0.2, 0.25) is 0 Å². The molecule has 0 aliphatic carbocycles. The summed E-state index contributed by atoms with van der Waals surface area (Å²) in [6.07, 6.45) is -0.951. The highest BCUT2D eigenvalue weighted by molar-refractivity contribution is 5.94. The normalized spacial score (nSPS) is 11.9. The zero-order chi connectivity index (χ0) is 12.3. The van der Waals surface area contributed by atoms with Gasteiger partial charge in [0, 0.05) is 5.69 Å². The molecule has 0 saturated carbocycles. The lowest BCUT2D eigenvalue weighted by molar-refractivity contribution is -0.125. The van der Waals surface area contributed by atoms with E-state index in [2.05, 4.69) is 0 Å². The molecule has 5 nitrogen and oxygen atoms in total. The van der Waals surface area contributed by atoms with Crippen molar-refractivity contribution < 1.29 is 14.3 Å². The van der Waals surface area contributed by atoms with Crippen molar-refractivity contribution in [2.24, 2.45) is 5.73 Å². The van der Waals surface area contributed by atoms with E-state index in [4.69, 9.17) is 16.2 Å². The third kappa shape index (κ3) is 2.73. The van der Waals surface area contributed by atoms with E-state index < -0.39 is 18.0 Å². The molecule has 1 amide bonds. The number of hydrogen-bond acceptors (Lipinski definition) is 4. The van der Waals surface area contributed by atoms with Crippen LogP contribution in [0.4, 0.5) is 5.69 Å². The number of carbonyl (C=O) groups excluding carboxylic acids is 2. The van der Waals surface area contributed by atoms with Crippen LogP contribution in [0.1, 0.15) is 22.8 Å². The average Bonchev–Trinajstić information content (AvgIpc) is 2.21. The van der Waals surface area contributed by atoms with Gasteiger partial charge in [0.15, 0.2) is 6.10 Å². The van der Waals surface area contributed by atoms with Crippen LogP contribution in [0.5, 0.6) is 0 Å². The van der Waals surface area contributed by atoms with Crippen LogP contribution in [0, 0.1) is 6.92 Å². The lowest BCUT2D eigenvalue weighted by atomic mass is 10.1. The van der Waals surface area contributed by atoms with Gasteiger partial charge >= 0.3 is 5.97 Å². The van der Waals surface area contributed by atoms with Crippen LogP contribution >= 0.6 is 0 Å². The van der Waals surface area contributed by atoms with Crippen molar-refractivity contribution >= 4 is 17.6 Å². The minimum absolute atomic E-state index is 0.341. The first kappa shape index (κ1) is 12.0. The van der Waals surface area contributed by atoms with Gasteiger partial charge in [-0.05, 0) is 31.5 Å². The summed E-state index contributed by atoms with van der Waals surface area (Å²) in [5, 5.41) is 0. The van der Waals surface area contributed by atoms with E-state index >= 15 is 0 Å². The maximum absolute atomic E-state index is 11.6. The Morgan fingerprint density at radius 3 is 2.56 bits per heavy atom. The first-order valence-corrected chi connectivity index (χ1v) is 4.78. The highest BCUT2D eigenvalue weighted by Crippen LogP contribution is 2.14. The molecule has 1 atom stereocenters. The van der Waals surface area contributed by atoms with Crippen LogP contribution in [0.25, 0.3) is 0 Å². The van der Waals surface area contributed by atoms with E-state index in [0.29, 0.717) is 11.3 Å². The summed E-state index contributed by atoms with van der Waals surface area (Å²) < 4.78 is 4.86. The van der Waals surface area contributed by atoms with Crippen LogP contribution in [0.15, 0.2) is 18.2 Å². The fourth-order valence-corrected chi connectivity index (χ4v) is 1.14. The van der Waals surface area contributed by atoms with Crippen LogP contribution in [-0.4, -0.2) is 18.0 Å². The van der Waals surface area contributed by atoms with Crippen molar-refractivity contribution in [2.75, 3.05) is 5.73 Å². The predicted octanol–water partition coefficient (Wildman–Crippen LogP) is 0.608. The Labute approximate surface area is 93.4 Å². The molecule has 0 aliphatic heterocycles. The van der Waals surface area contributed by atoms with E-state index in [1.807, 2.05) is 0 Å². The third-order valence-electron chi connectivity index (χ3n) is 2.17. The van der Waals surface area contributed by atoms with Crippen molar-refractivity contribution in [1.82, 2.24) is 0 Å². The number of esters is 1. The molecule has 0 bridgehead atoms. The van der Waals surface area contributed by atoms with Gasteiger partial charge in [-0.2, -0.15) is 0 Å². The summed E-state index contributed by atoms with van der Waals surface area (Å²) in [7, 11) is 0. The lowest BCUT2D eigenvalue weighted by Crippen LogP contribution is -2.30. The smallest absolute Gasteiger partial charge is 0.339 e. The number of ether oxygens (including phenoxy) is 1. The Hall–Kier alpha value is -2.04. The molecule has 0 radical (unpaired) electrons. The Bertz CT molecular complexity index is 429. The van der Waals surface area contributed by atoms with E-state index in [0.717, 1.165) is 5.56 Å². The molecule has 0 spiro atoms. The number of anilines is 1. The first-order valence-electron chi connectivity index (χ1n) is 4.78. The molecule has 4 N–H and O–H groups in total. The molecular weight excluding hydrogens is 208 g/mol. The number of rotatable bonds is 3. The Morgan fingerprint density at radius 2 is 2.00 bits per heavy atom. The quantitative estimate of drug-likeness (QED) is 0.578. The summed E-state index contributed by atoms with van der Waals surface area (Å²) >= 11 is 0. The van der Waals surface area contributed by atoms with Gasteiger partial charge in [-0.15, -0.1) is 0 Å². The van der Waals surface area contributed by atoms with E-state index in [1.165, 1.54) is 13.0 Å². The monoisotopic (exact) mass is 222 g/mol. The molecule has 0 saturated heterocycles. The van der Waals surface area contributed by atoms with Crippen molar-refractivity contribution in [2.45, 2.75) is 20.0 Å². The van der Waals surface area contributed by atoms with Gasteiger partial charge < -0.3 is 16.2 Å². The number of benzene rings is 1. The predicted molar refractivity (Wildman–Crippen MR) is 59.7 cm³/mol. The minimum atomic E-state index is -0.951. The topological polar surface area (TPSA) is 95.4 Å². The first-order chi connectivity index (χ1) is 7.41. The summed E-state index contributed by atoms with van der Waals surface area (Å²) in [6.45, 7) is 3.17. The molecule has 86 valence electrons. The highest BCUT2D eigenvalue weighted by atomic mass is 16.5. The van der Waals surface area contributed by atoms with Gasteiger partial charge in [0.2, 0.25) is 0 Å².